The molecule has 6 aliphatic rings. The van der Waals surface area contributed by atoms with E-state index >= 15 is 0 Å². The Kier molecular flexibility index (Phi) is 10.7. The highest BCUT2D eigenvalue weighted by Crippen LogP contribution is 2.64. The van der Waals surface area contributed by atoms with Crippen LogP contribution in [0.3, 0.4) is 0 Å². The minimum Gasteiger partial charge on any atom is -0.369 e. The van der Waals surface area contributed by atoms with Crippen molar-refractivity contribution in [3.63, 3.8) is 0 Å². The zero-order valence-electron chi connectivity index (χ0n) is 34.9. The van der Waals surface area contributed by atoms with Gasteiger partial charge < -0.3 is 15.4 Å². The predicted octanol–water partition coefficient (Wildman–Crippen LogP) is 8.33. The molecule has 11 atom stereocenters. The van der Waals surface area contributed by atoms with Crippen LogP contribution in [0.4, 0.5) is 0 Å². The third kappa shape index (κ3) is 6.75. The second-order valence-corrected chi connectivity index (χ2v) is 19.8. The molecule has 296 valence electrons. The highest BCUT2D eigenvalue weighted by molar-refractivity contribution is 5.92. The van der Waals surface area contributed by atoms with Crippen molar-refractivity contribution >= 4 is 17.6 Å². The van der Waals surface area contributed by atoms with Gasteiger partial charge in [0, 0.05) is 49.3 Å². The summed E-state index contributed by atoms with van der Waals surface area (Å²) in [5.41, 5.74) is 4.52. The minimum atomic E-state index is -0.992. The Morgan fingerprint density at radius 3 is 2.54 bits per heavy atom. The fourth-order valence-corrected chi connectivity index (χ4v) is 12.4. The molecule has 2 saturated carbocycles. The SMILES string of the molecule is CC[C@](C)(NC(=O)C(C)C(C)(C)c1ccccc1)C(=O)NCCN1C[C@@H](C)C[C@H]2O[C@]3(CC[C@@H]4C(=C(C)C3)C[C@H]3[C@H]4CCC4=CC(=O)CC[C@@]43C)[C@H](C)C21. The average Bonchev–Trinajstić information content (AvgIpc) is 3.61. The van der Waals surface area contributed by atoms with Gasteiger partial charge in [-0.15, -0.1) is 0 Å². The van der Waals surface area contributed by atoms with E-state index in [0.717, 1.165) is 56.7 Å². The minimum absolute atomic E-state index is 0.101. The highest BCUT2D eigenvalue weighted by atomic mass is 16.5. The second kappa shape index (κ2) is 14.6. The average molecular weight is 740 g/mol. The van der Waals surface area contributed by atoms with E-state index in [4.69, 9.17) is 4.74 Å². The number of carbonyl (C=O) groups is 3. The third-order valence-corrected chi connectivity index (χ3v) is 16.4. The molecule has 2 unspecified atom stereocenters. The summed E-state index contributed by atoms with van der Waals surface area (Å²) in [5, 5.41) is 6.40. The van der Waals surface area contributed by atoms with Gasteiger partial charge in [0.2, 0.25) is 11.8 Å². The van der Waals surface area contributed by atoms with Gasteiger partial charge in [-0.3, -0.25) is 19.3 Å². The maximum Gasteiger partial charge on any atom is 0.245 e. The van der Waals surface area contributed by atoms with Crippen molar-refractivity contribution in [2.75, 3.05) is 19.6 Å². The Morgan fingerprint density at radius 1 is 1.07 bits per heavy atom. The molecule has 1 spiro atoms. The van der Waals surface area contributed by atoms with Crippen molar-refractivity contribution in [2.45, 2.75) is 155 Å². The normalized spacial score (nSPS) is 36.9. The lowest BCUT2D eigenvalue weighted by Gasteiger charge is -2.48. The molecular formula is C47H69N3O4. The highest BCUT2D eigenvalue weighted by Gasteiger charge is 2.59. The standard InChI is InChI=1S/C47H69N3O4/c1-10-46(9,49-42(52)32(5)44(6,7)33-14-12-11-13-15-33)43(53)48-22-23-50-28-29(2)24-40-41(50)31(4)47(54-40)21-19-36-37-17-16-34-25-35(51)18-20-45(34,8)39(37)26-38(36)30(3)27-47/h11-15,25,29,31-32,36-37,39-41H,10,16-24,26-28H2,1-9H3,(H,48,53)(H,49,52)/t29-,31+,32?,36-,37-,39-,40+,41?,45-,46-,47-/m0/s1. The lowest BCUT2D eigenvalue weighted by molar-refractivity contribution is -0.135. The summed E-state index contributed by atoms with van der Waals surface area (Å²) in [6.07, 6.45) is 12.4. The number of ketones is 1. The number of nitrogens with one attached hydrogen (secondary N) is 2. The topological polar surface area (TPSA) is 87.7 Å². The van der Waals surface area contributed by atoms with Crippen molar-refractivity contribution < 1.29 is 19.1 Å². The number of likely N-dealkylation sites (tertiary alicyclic amines) is 1. The Hall–Kier alpha value is -2.77. The van der Waals surface area contributed by atoms with Crippen LogP contribution in [-0.4, -0.2) is 65.4 Å². The number of nitrogens with zero attached hydrogens (tertiary/aromatic N) is 1. The number of piperidine rings is 1. The molecule has 7 heteroatoms. The number of rotatable bonds is 9. The van der Waals surface area contributed by atoms with Crippen LogP contribution in [0.2, 0.25) is 0 Å². The lowest BCUT2D eigenvalue weighted by Crippen LogP contribution is -2.60. The van der Waals surface area contributed by atoms with Crippen LogP contribution in [0.1, 0.15) is 132 Å². The van der Waals surface area contributed by atoms with Crippen molar-refractivity contribution in [3.8, 4) is 0 Å². The quantitative estimate of drug-likeness (QED) is 0.249. The third-order valence-electron chi connectivity index (χ3n) is 16.4. The first-order valence-electron chi connectivity index (χ1n) is 21.5. The van der Waals surface area contributed by atoms with Crippen LogP contribution >= 0.6 is 0 Å². The van der Waals surface area contributed by atoms with Gasteiger partial charge in [-0.25, -0.2) is 0 Å². The smallest absolute Gasteiger partial charge is 0.245 e. The summed E-state index contributed by atoms with van der Waals surface area (Å²) >= 11 is 0. The fourth-order valence-electron chi connectivity index (χ4n) is 12.4. The molecule has 54 heavy (non-hydrogen) atoms. The maximum absolute atomic E-state index is 13.8. The predicted molar refractivity (Wildman–Crippen MR) is 216 cm³/mol. The molecule has 0 bridgehead atoms. The molecule has 2 aliphatic heterocycles. The number of hydrogen-bond acceptors (Lipinski definition) is 5. The zero-order chi connectivity index (χ0) is 38.8. The maximum atomic E-state index is 13.8. The molecular weight excluding hydrogens is 671 g/mol. The molecule has 2 N–H and O–H groups in total. The lowest BCUT2D eigenvalue weighted by atomic mass is 9.56. The number of fused-ring (bicyclic) bond motifs is 6. The van der Waals surface area contributed by atoms with E-state index in [1.54, 1.807) is 11.1 Å². The van der Waals surface area contributed by atoms with Gasteiger partial charge in [0.25, 0.3) is 0 Å². The van der Waals surface area contributed by atoms with Crippen LogP contribution in [-0.2, 0) is 24.5 Å². The van der Waals surface area contributed by atoms with Crippen LogP contribution < -0.4 is 10.6 Å². The molecule has 1 aromatic rings. The molecule has 7 nitrogen and oxygen atoms in total. The summed E-state index contributed by atoms with van der Waals surface area (Å²) in [4.78, 5) is 42.4. The van der Waals surface area contributed by atoms with Crippen LogP contribution in [0.5, 0.6) is 0 Å². The van der Waals surface area contributed by atoms with E-state index in [0.29, 0.717) is 54.9 Å². The van der Waals surface area contributed by atoms with Gasteiger partial charge in [0.15, 0.2) is 5.78 Å². The van der Waals surface area contributed by atoms with Gasteiger partial charge >= 0.3 is 0 Å². The van der Waals surface area contributed by atoms with E-state index in [2.05, 4.69) is 69.2 Å². The van der Waals surface area contributed by atoms with Gasteiger partial charge in [0.05, 0.1) is 11.7 Å². The number of hydrogen-bond donors (Lipinski definition) is 2. The van der Waals surface area contributed by atoms with Crippen LogP contribution in [0.25, 0.3) is 0 Å². The summed E-state index contributed by atoms with van der Waals surface area (Å²) < 4.78 is 7.34. The zero-order valence-corrected chi connectivity index (χ0v) is 34.9. The summed E-state index contributed by atoms with van der Waals surface area (Å²) in [6, 6.07) is 10.5. The van der Waals surface area contributed by atoms with Crippen LogP contribution in [0, 0.1) is 40.9 Å². The van der Waals surface area contributed by atoms with E-state index in [1.165, 1.54) is 24.8 Å². The summed E-state index contributed by atoms with van der Waals surface area (Å²) in [7, 11) is 0. The molecule has 1 aromatic carbocycles. The molecule has 4 aliphatic carbocycles. The largest absolute Gasteiger partial charge is 0.369 e. The Morgan fingerprint density at radius 2 is 1.81 bits per heavy atom. The molecule has 0 radical (unpaired) electrons. The Balaban J connectivity index is 0.999. The first kappa shape index (κ1) is 39.5. The molecule has 4 fully saturated rings. The molecule has 2 saturated heterocycles. The van der Waals surface area contributed by atoms with Gasteiger partial charge in [-0.05, 0) is 112 Å². The van der Waals surface area contributed by atoms with E-state index in [9.17, 15) is 14.4 Å². The van der Waals surface area contributed by atoms with Crippen molar-refractivity contribution in [3.05, 3.63) is 58.7 Å². The fraction of sp³-hybridized carbons (Fsp3) is 0.723. The second-order valence-electron chi connectivity index (χ2n) is 19.8. The number of carbonyl (C=O) groups excluding carboxylic acids is 3. The van der Waals surface area contributed by atoms with Crippen molar-refractivity contribution in [2.24, 2.45) is 40.9 Å². The number of ether oxygens (including phenoxy) is 1. The van der Waals surface area contributed by atoms with Crippen molar-refractivity contribution in [1.82, 2.24) is 15.5 Å². The number of amides is 2. The Labute approximate surface area is 325 Å². The van der Waals surface area contributed by atoms with Crippen molar-refractivity contribution in [1.29, 1.82) is 0 Å². The van der Waals surface area contributed by atoms with Gasteiger partial charge in [-0.1, -0.05) is 95.5 Å². The first-order chi connectivity index (χ1) is 25.5. The molecule has 2 amide bonds. The van der Waals surface area contributed by atoms with Gasteiger partial charge in [-0.2, -0.15) is 0 Å². The monoisotopic (exact) mass is 740 g/mol. The summed E-state index contributed by atoms with van der Waals surface area (Å²) in [6.45, 7) is 22.0. The molecule has 2 heterocycles. The van der Waals surface area contributed by atoms with E-state index < -0.39 is 5.54 Å². The van der Waals surface area contributed by atoms with Crippen LogP contribution in [0.15, 0.2) is 53.1 Å². The number of allylic oxidation sites excluding steroid dienone is 3. The van der Waals surface area contributed by atoms with E-state index in [1.807, 2.05) is 45.0 Å². The van der Waals surface area contributed by atoms with Gasteiger partial charge in [0.1, 0.15) is 5.54 Å². The molecule has 0 aromatic heterocycles. The summed E-state index contributed by atoms with van der Waals surface area (Å²) in [5.74, 6) is 2.76. The number of benzene rings is 1. The Bertz CT molecular complexity index is 1680. The van der Waals surface area contributed by atoms with E-state index in [-0.39, 0.29) is 40.3 Å². The first-order valence-corrected chi connectivity index (χ1v) is 21.5. The molecule has 7 rings (SSSR count).